The van der Waals surface area contributed by atoms with Crippen molar-refractivity contribution in [3.63, 3.8) is 0 Å². The molecular formula is C17H25N3O3. The Hall–Kier alpha value is -2.08. The Morgan fingerprint density at radius 1 is 1.13 bits per heavy atom. The molecule has 0 unspecified atom stereocenters. The van der Waals surface area contributed by atoms with Crippen LogP contribution in [0.1, 0.15) is 19.4 Å². The van der Waals surface area contributed by atoms with Gasteiger partial charge < -0.3 is 15.0 Å². The van der Waals surface area contributed by atoms with Crippen LogP contribution in [0.2, 0.25) is 0 Å². The van der Waals surface area contributed by atoms with Crippen LogP contribution in [-0.4, -0.2) is 61.1 Å². The zero-order valence-corrected chi connectivity index (χ0v) is 13.9. The highest BCUT2D eigenvalue weighted by Crippen LogP contribution is 2.15. The maximum absolute atomic E-state index is 12.2. The second-order valence-electron chi connectivity index (χ2n) is 5.52. The summed E-state index contributed by atoms with van der Waals surface area (Å²) in [5, 5.41) is 2.98. The summed E-state index contributed by atoms with van der Waals surface area (Å²) in [7, 11) is 0. The van der Waals surface area contributed by atoms with E-state index in [0.717, 1.165) is 17.7 Å². The summed E-state index contributed by atoms with van der Waals surface area (Å²) >= 11 is 0. The van der Waals surface area contributed by atoms with E-state index in [0.29, 0.717) is 39.3 Å². The Balaban J connectivity index is 1.80. The smallest absolute Gasteiger partial charge is 0.409 e. The fourth-order valence-corrected chi connectivity index (χ4v) is 2.65. The first-order valence-corrected chi connectivity index (χ1v) is 8.15. The lowest BCUT2D eigenvalue weighted by atomic mass is 10.1. The van der Waals surface area contributed by atoms with Gasteiger partial charge in [-0.15, -0.1) is 0 Å². The number of benzene rings is 1. The van der Waals surface area contributed by atoms with Gasteiger partial charge in [-0.2, -0.15) is 0 Å². The normalized spacial score (nSPS) is 15.3. The Labute approximate surface area is 137 Å². The van der Waals surface area contributed by atoms with Crippen LogP contribution in [-0.2, 0) is 16.0 Å². The predicted octanol–water partition coefficient (Wildman–Crippen LogP) is 1.96. The number of amides is 2. The molecule has 1 aliphatic heterocycles. The number of carbonyl (C=O) groups excluding carboxylic acids is 2. The van der Waals surface area contributed by atoms with Crippen LogP contribution in [0.25, 0.3) is 0 Å². The van der Waals surface area contributed by atoms with Crippen LogP contribution in [0.3, 0.4) is 0 Å². The molecule has 1 aliphatic rings. The topological polar surface area (TPSA) is 61.9 Å². The minimum Gasteiger partial charge on any atom is -0.450 e. The number of ether oxygens (including phenoxy) is 1. The van der Waals surface area contributed by atoms with Crippen LogP contribution in [0.4, 0.5) is 10.5 Å². The van der Waals surface area contributed by atoms with Crippen molar-refractivity contribution < 1.29 is 14.3 Å². The van der Waals surface area contributed by atoms with Crippen molar-refractivity contribution in [1.29, 1.82) is 0 Å². The number of aryl methyl sites for hydroxylation is 1. The standard InChI is InChI=1S/C17H25N3O3/c1-3-14-7-5-6-8-15(14)18-16(21)13-19-9-11-20(12-10-19)17(22)23-4-2/h5-8H,3-4,9-13H2,1-2H3,(H,18,21). The van der Waals surface area contributed by atoms with Crippen molar-refractivity contribution >= 4 is 17.7 Å². The number of nitrogens with one attached hydrogen (secondary N) is 1. The first kappa shape index (κ1) is 17.3. The summed E-state index contributed by atoms with van der Waals surface area (Å²) in [6.45, 7) is 7.15. The monoisotopic (exact) mass is 319 g/mol. The van der Waals surface area contributed by atoms with Gasteiger partial charge in [-0.25, -0.2) is 4.79 Å². The van der Waals surface area contributed by atoms with Gasteiger partial charge in [0.05, 0.1) is 13.2 Å². The number of hydrogen-bond donors (Lipinski definition) is 1. The molecule has 1 aromatic rings. The van der Waals surface area contributed by atoms with E-state index in [9.17, 15) is 9.59 Å². The van der Waals surface area contributed by atoms with Crippen molar-refractivity contribution in [2.45, 2.75) is 20.3 Å². The third kappa shape index (κ3) is 4.96. The Bertz CT molecular complexity index is 540. The molecule has 1 aromatic carbocycles. The Kier molecular flexibility index (Phi) is 6.40. The van der Waals surface area contributed by atoms with Gasteiger partial charge in [0.2, 0.25) is 5.91 Å². The van der Waals surface area contributed by atoms with E-state index >= 15 is 0 Å². The van der Waals surface area contributed by atoms with Gasteiger partial charge >= 0.3 is 6.09 Å². The molecule has 0 aromatic heterocycles. The fourth-order valence-electron chi connectivity index (χ4n) is 2.65. The molecule has 1 N–H and O–H groups in total. The minimum atomic E-state index is -0.270. The van der Waals surface area contributed by atoms with E-state index in [1.807, 2.05) is 24.3 Å². The zero-order valence-electron chi connectivity index (χ0n) is 13.9. The highest BCUT2D eigenvalue weighted by atomic mass is 16.6. The molecule has 0 atom stereocenters. The summed E-state index contributed by atoms with van der Waals surface area (Å²) in [6, 6.07) is 7.85. The number of carbonyl (C=O) groups is 2. The first-order valence-electron chi connectivity index (χ1n) is 8.15. The van der Waals surface area contributed by atoms with Gasteiger partial charge in [0, 0.05) is 31.9 Å². The van der Waals surface area contributed by atoms with E-state index < -0.39 is 0 Å². The molecule has 1 heterocycles. The SMILES string of the molecule is CCOC(=O)N1CCN(CC(=O)Nc2ccccc2CC)CC1. The number of nitrogens with zero attached hydrogens (tertiary/aromatic N) is 2. The van der Waals surface area contributed by atoms with Gasteiger partial charge in [-0.3, -0.25) is 9.69 Å². The van der Waals surface area contributed by atoms with Gasteiger partial charge in [-0.1, -0.05) is 25.1 Å². The summed E-state index contributed by atoms with van der Waals surface area (Å²) in [5.74, 6) is -0.0181. The average Bonchev–Trinajstić information content (AvgIpc) is 2.56. The number of anilines is 1. The van der Waals surface area contributed by atoms with Crippen molar-refractivity contribution in [3.05, 3.63) is 29.8 Å². The predicted molar refractivity (Wildman–Crippen MR) is 89.5 cm³/mol. The molecule has 2 rings (SSSR count). The summed E-state index contributed by atoms with van der Waals surface area (Å²) < 4.78 is 4.99. The van der Waals surface area contributed by atoms with E-state index in [2.05, 4.69) is 17.1 Å². The maximum Gasteiger partial charge on any atom is 0.409 e. The Morgan fingerprint density at radius 2 is 1.83 bits per heavy atom. The molecule has 0 saturated carbocycles. The lowest BCUT2D eigenvalue weighted by Crippen LogP contribution is -2.50. The molecule has 0 radical (unpaired) electrons. The third-order valence-corrected chi connectivity index (χ3v) is 3.94. The molecule has 0 aliphatic carbocycles. The van der Waals surface area contributed by atoms with Crippen LogP contribution in [0, 0.1) is 0 Å². The van der Waals surface area contributed by atoms with E-state index in [1.165, 1.54) is 0 Å². The summed E-state index contributed by atoms with van der Waals surface area (Å²) in [6.07, 6.45) is 0.614. The van der Waals surface area contributed by atoms with Gasteiger partial charge in [-0.05, 0) is 25.0 Å². The van der Waals surface area contributed by atoms with E-state index in [1.54, 1.807) is 11.8 Å². The number of para-hydroxylation sites is 1. The van der Waals surface area contributed by atoms with E-state index in [-0.39, 0.29) is 12.0 Å². The molecule has 1 fully saturated rings. The van der Waals surface area contributed by atoms with Gasteiger partial charge in [0.15, 0.2) is 0 Å². The molecule has 0 spiro atoms. The molecule has 0 bridgehead atoms. The van der Waals surface area contributed by atoms with Crippen molar-refractivity contribution in [1.82, 2.24) is 9.80 Å². The highest BCUT2D eigenvalue weighted by molar-refractivity contribution is 5.93. The Morgan fingerprint density at radius 3 is 2.48 bits per heavy atom. The van der Waals surface area contributed by atoms with Crippen LogP contribution in [0.15, 0.2) is 24.3 Å². The zero-order chi connectivity index (χ0) is 16.7. The third-order valence-electron chi connectivity index (χ3n) is 3.94. The number of piperazine rings is 1. The highest BCUT2D eigenvalue weighted by Gasteiger charge is 2.23. The average molecular weight is 319 g/mol. The molecule has 23 heavy (non-hydrogen) atoms. The van der Waals surface area contributed by atoms with Crippen LogP contribution in [0.5, 0.6) is 0 Å². The van der Waals surface area contributed by atoms with Crippen LogP contribution < -0.4 is 5.32 Å². The molecule has 2 amide bonds. The van der Waals surface area contributed by atoms with Gasteiger partial charge in [0.25, 0.3) is 0 Å². The molecular weight excluding hydrogens is 294 g/mol. The second-order valence-corrected chi connectivity index (χ2v) is 5.52. The van der Waals surface area contributed by atoms with Crippen molar-refractivity contribution in [2.75, 3.05) is 44.6 Å². The van der Waals surface area contributed by atoms with Crippen LogP contribution >= 0.6 is 0 Å². The summed E-state index contributed by atoms with van der Waals surface area (Å²) in [5.41, 5.74) is 2.01. The maximum atomic E-state index is 12.2. The molecule has 1 saturated heterocycles. The molecule has 6 heteroatoms. The number of hydrogen-bond acceptors (Lipinski definition) is 4. The van der Waals surface area contributed by atoms with Crippen molar-refractivity contribution in [2.24, 2.45) is 0 Å². The molecule has 6 nitrogen and oxygen atoms in total. The quantitative estimate of drug-likeness (QED) is 0.901. The fraction of sp³-hybridized carbons (Fsp3) is 0.529. The lowest BCUT2D eigenvalue weighted by Gasteiger charge is -2.33. The second kappa shape index (κ2) is 8.53. The number of rotatable bonds is 5. The van der Waals surface area contributed by atoms with Gasteiger partial charge in [0.1, 0.15) is 0 Å². The summed E-state index contributed by atoms with van der Waals surface area (Å²) in [4.78, 5) is 27.6. The van der Waals surface area contributed by atoms with E-state index in [4.69, 9.17) is 4.74 Å². The largest absolute Gasteiger partial charge is 0.450 e. The lowest BCUT2D eigenvalue weighted by molar-refractivity contribution is -0.117. The first-order chi connectivity index (χ1) is 11.1. The minimum absolute atomic E-state index is 0.0181. The van der Waals surface area contributed by atoms with Crippen molar-refractivity contribution in [3.8, 4) is 0 Å². The molecule has 126 valence electrons.